The van der Waals surface area contributed by atoms with Crippen molar-refractivity contribution in [3.63, 3.8) is 0 Å². The van der Waals surface area contributed by atoms with Gasteiger partial charge in [-0.05, 0) is 30.7 Å². The first-order valence-corrected chi connectivity index (χ1v) is 4.91. The number of rotatable bonds is 4. The Morgan fingerprint density at radius 3 is 2.86 bits per heavy atom. The average Bonchev–Trinajstić information content (AvgIpc) is 2.20. The highest BCUT2D eigenvalue weighted by atomic mass is 35.5. The van der Waals surface area contributed by atoms with Crippen molar-refractivity contribution in [3.8, 4) is 0 Å². The van der Waals surface area contributed by atoms with Gasteiger partial charge in [-0.25, -0.2) is 0 Å². The highest BCUT2D eigenvalue weighted by Crippen LogP contribution is 2.20. The molecule has 1 aromatic carbocycles. The van der Waals surface area contributed by atoms with Crippen LogP contribution in [0.4, 0.5) is 5.69 Å². The minimum atomic E-state index is 0.0153. The molecule has 0 fully saturated rings. The molecule has 0 aromatic heterocycles. The molecule has 1 unspecified atom stereocenters. The highest BCUT2D eigenvalue weighted by Gasteiger charge is 2.04. The molecule has 0 amide bonds. The molecule has 14 heavy (non-hydrogen) atoms. The molecule has 4 heteroatoms. The Hall–Kier alpha value is -0.770. The first kappa shape index (κ1) is 11.3. The molecule has 1 rings (SSSR count). The first-order valence-electron chi connectivity index (χ1n) is 4.53. The number of anilines is 1. The third kappa shape index (κ3) is 2.87. The standard InChI is InChI=1S/C10H15ClN2O/c1-7(6-14)13-10-3-2-9(11)4-8(10)5-12/h2-4,7,13-14H,5-6,12H2,1H3. The van der Waals surface area contributed by atoms with Crippen LogP contribution in [0.25, 0.3) is 0 Å². The lowest BCUT2D eigenvalue weighted by molar-refractivity contribution is 0.281. The Morgan fingerprint density at radius 2 is 2.29 bits per heavy atom. The molecule has 4 N–H and O–H groups in total. The van der Waals surface area contributed by atoms with Gasteiger partial charge in [0.1, 0.15) is 0 Å². The SMILES string of the molecule is CC(CO)Nc1ccc(Cl)cc1CN. The number of aliphatic hydroxyl groups is 1. The lowest BCUT2D eigenvalue weighted by Crippen LogP contribution is -2.20. The van der Waals surface area contributed by atoms with Gasteiger partial charge >= 0.3 is 0 Å². The van der Waals surface area contributed by atoms with Gasteiger partial charge in [-0.3, -0.25) is 0 Å². The van der Waals surface area contributed by atoms with Gasteiger partial charge in [0.15, 0.2) is 0 Å². The Kier molecular flexibility index (Phi) is 4.20. The van der Waals surface area contributed by atoms with E-state index in [1.807, 2.05) is 19.1 Å². The molecule has 1 aromatic rings. The summed E-state index contributed by atoms with van der Waals surface area (Å²) >= 11 is 5.83. The zero-order valence-electron chi connectivity index (χ0n) is 8.13. The van der Waals surface area contributed by atoms with Crippen molar-refractivity contribution in [2.75, 3.05) is 11.9 Å². The summed E-state index contributed by atoms with van der Waals surface area (Å²) in [6.45, 7) is 2.42. The summed E-state index contributed by atoms with van der Waals surface area (Å²) in [6.07, 6.45) is 0. The van der Waals surface area contributed by atoms with E-state index in [4.69, 9.17) is 22.4 Å². The number of hydrogen-bond acceptors (Lipinski definition) is 3. The summed E-state index contributed by atoms with van der Waals surface area (Å²) in [4.78, 5) is 0. The molecule has 0 aliphatic carbocycles. The molecule has 1 atom stereocenters. The van der Waals surface area contributed by atoms with Gasteiger partial charge in [0.25, 0.3) is 0 Å². The summed E-state index contributed by atoms with van der Waals surface area (Å²) < 4.78 is 0. The molecule has 0 aliphatic rings. The average molecular weight is 215 g/mol. The Bertz CT molecular complexity index is 304. The largest absolute Gasteiger partial charge is 0.394 e. The quantitative estimate of drug-likeness (QED) is 0.714. The van der Waals surface area contributed by atoms with E-state index in [0.29, 0.717) is 11.6 Å². The monoisotopic (exact) mass is 214 g/mol. The molecule has 78 valence electrons. The number of halogens is 1. The predicted molar refractivity (Wildman–Crippen MR) is 59.5 cm³/mol. The number of nitrogens with two attached hydrogens (primary N) is 1. The smallest absolute Gasteiger partial charge is 0.0630 e. The molecule has 0 bridgehead atoms. The van der Waals surface area contributed by atoms with Gasteiger partial charge in [-0.2, -0.15) is 0 Å². The molecule has 0 saturated carbocycles. The fourth-order valence-corrected chi connectivity index (χ4v) is 1.38. The molecule has 0 aliphatic heterocycles. The summed E-state index contributed by atoms with van der Waals surface area (Å²) in [5.41, 5.74) is 7.46. The minimum absolute atomic E-state index is 0.0153. The zero-order valence-corrected chi connectivity index (χ0v) is 8.88. The van der Waals surface area contributed by atoms with Crippen molar-refractivity contribution in [2.24, 2.45) is 5.73 Å². The van der Waals surface area contributed by atoms with Gasteiger partial charge in [-0.1, -0.05) is 11.6 Å². The normalized spacial score (nSPS) is 12.6. The van der Waals surface area contributed by atoms with Crippen LogP contribution in [0, 0.1) is 0 Å². The number of aliphatic hydroxyl groups excluding tert-OH is 1. The lowest BCUT2D eigenvalue weighted by atomic mass is 10.1. The zero-order chi connectivity index (χ0) is 10.6. The van der Waals surface area contributed by atoms with Crippen LogP contribution in [-0.2, 0) is 6.54 Å². The van der Waals surface area contributed by atoms with E-state index in [-0.39, 0.29) is 12.6 Å². The summed E-state index contributed by atoms with van der Waals surface area (Å²) in [5.74, 6) is 0. The van der Waals surface area contributed by atoms with Crippen LogP contribution in [0.2, 0.25) is 5.02 Å². The van der Waals surface area contributed by atoms with Crippen molar-refractivity contribution in [1.29, 1.82) is 0 Å². The maximum absolute atomic E-state index is 8.89. The van der Waals surface area contributed by atoms with Crippen LogP contribution in [0.1, 0.15) is 12.5 Å². The minimum Gasteiger partial charge on any atom is -0.394 e. The van der Waals surface area contributed by atoms with Gasteiger partial charge in [-0.15, -0.1) is 0 Å². The van der Waals surface area contributed by atoms with E-state index in [9.17, 15) is 0 Å². The van der Waals surface area contributed by atoms with E-state index in [0.717, 1.165) is 11.3 Å². The van der Waals surface area contributed by atoms with E-state index in [1.165, 1.54) is 0 Å². The first-order chi connectivity index (χ1) is 6.67. The predicted octanol–water partition coefficient (Wildman–Crippen LogP) is 1.59. The van der Waals surface area contributed by atoms with Crippen molar-refractivity contribution in [3.05, 3.63) is 28.8 Å². The Labute approximate surface area is 88.9 Å². The summed E-state index contributed by atoms with van der Waals surface area (Å²) in [7, 11) is 0. The molecular weight excluding hydrogens is 200 g/mol. The van der Waals surface area contributed by atoms with Crippen LogP contribution in [-0.4, -0.2) is 17.8 Å². The fraction of sp³-hybridized carbons (Fsp3) is 0.400. The molecule has 0 saturated heterocycles. The molecule has 0 spiro atoms. The lowest BCUT2D eigenvalue weighted by Gasteiger charge is -2.15. The third-order valence-electron chi connectivity index (χ3n) is 1.96. The Balaban J connectivity index is 2.85. The maximum Gasteiger partial charge on any atom is 0.0630 e. The second kappa shape index (κ2) is 5.20. The fourth-order valence-electron chi connectivity index (χ4n) is 1.18. The van der Waals surface area contributed by atoms with Crippen molar-refractivity contribution < 1.29 is 5.11 Å². The summed E-state index contributed by atoms with van der Waals surface area (Å²) in [6, 6.07) is 5.51. The van der Waals surface area contributed by atoms with Gasteiger partial charge in [0.2, 0.25) is 0 Å². The van der Waals surface area contributed by atoms with Crippen molar-refractivity contribution in [1.82, 2.24) is 0 Å². The Morgan fingerprint density at radius 1 is 1.57 bits per heavy atom. The van der Waals surface area contributed by atoms with Gasteiger partial charge in [0, 0.05) is 23.3 Å². The van der Waals surface area contributed by atoms with E-state index in [1.54, 1.807) is 6.07 Å². The second-order valence-corrected chi connectivity index (χ2v) is 3.67. The van der Waals surface area contributed by atoms with E-state index in [2.05, 4.69) is 5.32 Å². The third-order valence-corrected chi connectivity index (χ3v) is 2.20. The maximum atomic E-state index is 8.89. The van der Waals surface area contributed by atoms with Crippen LogP contribution in [0.5, 0.6) is 0 Å². The molecule has 0 radical (unpaired) electrons. The van der Waals surface area contributed by atoms with Crippen LogP contribution in [0.3, 0.4) is 0 Å². The highest BCUT2D eigenvalue weighted by molar-refractivity contribution is 6.30. The van der Waals surface area contributed by atoms with E-state index < -0.39 is 0 Å². The van der Waals surface area contributed by atoms with Crippen LogP contribution < -0.4 is 11.1 Å². The van der Waals surface area contributed by atoms with E-state index >= 15 is 0 Å². The molecule has 3 nitrogen and oxygen atoms in total. The van der Waals surface area contributed by atoms with Crippen molar-refractivity contribution in [2.45, 2.75) is 19.5 Å². The molecule has 0 heterocycles. The van der Waals surface area contributed by atoms with Gasteiger partial charge in [0.05, 0.1) is 6.61 Å². The number of nitrogens with one attached hydrogen (secondary N) is 1. The van der Waals surface area contributed by atoms with Gasteiger partial charge < -0.3 is 16.2 Å². The van der Waals surface area contributed by atoms with Crippen LogP contribution >= 0.6 is 11.6 Å². The molecular formula is C10H15ClN2O. The number of benzene rings is 1. The second-order valence-electron chi connectivity index (χ2n) is 3.23. The summed E-state index contributed by atoms with van der Waals surface area (Å²) in [5, 5.41) is 12.7. The van der Waals surface area contributed by atoms with Crippen LogP contribution in [0.15, 0.2) is 18.2 Å². The number of hydrogen-bond donors (Lipinski definition) is 3. The topological polar surface area (TPSA) is 58.3 Å². The van der Waals surface area contributed by atoms with Crippen molar-refractivity contribution >= 4 is 17.3 Å².